The third-order valence-corrected chi connectivity index (χ3v) is 3.11. The first-order chi connectivity index (χ1) is 7.56. The van der Waals surface area contributed by atoms with Crippen LogP contribution in [-0.4, -0.2) is 23.8 Å². The van der Waals surface area contributed by atoms with Gasteiger partial charge in [-0.2, -0.15) is 0 Å². The van der Waals surface area contributed by atoms with E-state index in [0.29, 0.717) is 6.04 Å². The molecule has 1 heterocycles. The molecule has 2 heteroatoms. The Morgan fingerprint density at radius 2 is 2.19 bits per heavy atom. The fraction of sp³-hybridized carbons (Fsp3) is 0.500. The van der Waals surface area contributed by atoms with Crippen LogP contribution in [0.2, 0.25) is 0 Å². The quantitative estimate of drug-likeness (QED) is 0.665. The topological polar surface area (TPSA) is 20.3 Å². The molecule has 88 valence electrons. The Morgan fingerprint density at radius 3 is 2.75 bits per heavy atom. The predicted octanol–water partition coefficient (Wildman–Crippen LogP) is 2.93. The van der Waals surface area contributed by atoms with Crippen molar-refractivity contribution in [2.24, 2.45) is 5.92 Å². The molecule has 0 fully saturated rings. The van der Waals surface area contributed by atoms with E-state index in [1.807, 2.05) is 6.20 Å². The Balaban J connectivity index is 3.07. The first-order valence-electron chi connectivity index (χ1n) is 5.82. The van der Waals surface area contributed by atoms with Crippen molar-refractivity contribution >= 4 is 6.29 Å². The van der Waals surface area contributed by atoms with Crippen LogP contribution in [0, 0.1) is 5.92 Å². The number of hydrogen-bond acceptors (Lipinski definition) is 2. The van der Waals surface area contributed by atoms with Gasteiger partial charge in [-0.25, -0.2) is 0 Å². The van der Waals surface area contributed by atoms with Crippen molar-refractivity contribution in [1.82, 2.24) is 4.90 Å². The Hall–Kier alpha value is -1.31. The van der Waals surface area contributed by atoms with Gasteiger partial charge in [-0.1, -0.05) is 30.7 Å². The Kier molecular flexibility index (Phi) is 4.53. The first kappa shape index (κ1) is 12.8. The lowest BCUT2D eigenvalue weighted by molar-refractivity contribution is -0.105. The maximum atomic E-state index is 11.1. The van der Waals surface area contributed by atoms with Crippen molar-refractivity contribution in [3.8, 4) is 0 Å². The van der Waals surface area contributed by atoms with Crippen molar-refractivity contribution in [2.75, 3.05) is 6.54 Å². The molecule has 0 spiro atoms. The SMILES string of the molecule is C/C1=C/C=C\CN(C(C)C)/C=C(/C=O)C1C. The maximum Gasteiger partial charge on any atom is 0.148 e. The molecule has 0 saturated heterocycles. The molecule has 16 heavy (non-hydrogen) atoms. The molecule has 0 aromatic carbocycles. The zero-order chi connectivity index (χ0) is 12.1. The van der Waals surface area contributed by atoms with E-state index in [1.54, 1.807) is 0 Å². The summed E-state index contributed by atoms with van der Waals surface area (Å²) in [7, 11) is 0. The minimum atomic E-state index is 0.196. The third-order valence-electron chi connectivity index (χ3n) is 3.11. The predicted molar refractivity (Wildman–Crippen MR) is 68.1 cm³/mol. The van der Waals surface area contributed by atoms with E-state index in [4.69, 9.17) is 0 Å². The number of nitrogens with zero attached hydrogens (tertiary/aromatic N) is 1. The Labute approximate surface area is 98.3 Å². The highest BCUT2D eigenvalue weighted by molar-refractivity contribution is 5.74. The molecule has 1 aliphatic heterocycles. The summed E-state index contributed by atoms with van der Waals surface area (Å²) in [5.41, 5.74) is 2.08. The van der Waals surface area contributed by atoms with Crippen LogP contribution in [-0.2, 0) is 4.79 Å². The van der Waals surface area contributed by atoms with Gasteiger partial charge in [0.25, 0.3) is 0 Å². The highest BCUT2D eigenvalue weighted by Crippen LogP contribution is 2.20. The van der Waals surface area contributed by atoms with Gasteiger partial charge in [0.2, 0.25) is 0 Å². The maximum absolute atomic E-state index is 11.1. The molecular formula is C14H21NO. The van der Waals surface area contributed by atoms with E-state index in [9.17, 15) is 4.79 Å². The molecule has 0 bridgehead atoms. The normalized spacial score (nSPS) is 30.6. The summed E-state index contributed by atoms with van der Waals surface area (Å²) in [6, 6.07) is 0.408. The van der Waals surface area contributed by atoms with Crippen LogP contribution in [0.4, 0.5) is 0 Å². The summed E-state index contributed by atoms with van der Waals surface area (Å²) in [4.78, 5) is 13.3. The van der Waals surface area contributed by atoms with Crippen LogP contribution in [0.25, 0.3) is 0 Å². The van der Waals surface area contributed by atoms with Crippen LogP contribution < -0.4 is 0 Å². The fourth-order valence-corrected chi connectivity index (χ4v) is 1.66. The summed E-state index contributed by atoms with van der Waals surface area (Å²) in [5.74, 6) is 0.196. The van der Waals surface area contributed by atoms with Crippen molar-refractivity contribution in [1.29, 1.82) is 0 Å². The molecule has 0 aromatic heterocycles. The van der Waals surface area contributed by atoms with Gasteiger partial charge in [-0.05, 0) is 20.8 Å². The van der Waals surface area contributed by atoms with Gasteiger partial charge in [0.05, 0.1) is 0 Å². The van der Waals surface area contributed by atoms with Crippen LogP contribution in [0.3, 0.4) is 0 Å². The largest absolute Gasteiger partial charge is 0.371 e. The van der Waals surface area contributed by atoms with Crippen LogP contribution in [0.1, 0.15) is 27.7 Å². The number of carbonyl (C=O) groups is 1. The van der Waals surface area contributed by atoms with Crippen molar-refractivity contribution < 1.29 is 4.79 Å². The molecule has 1 rings (SSSR count). The summed E-state index contributed by atoms with van der Waals surface area (Å²) in [6.07, 6.45) is 9.26. The number of hydrogen-bond donors (Lipinski definition) is 0. The molecular weight excluding hydrogens is 198 g/mol. The lowest BCUT2D eigenvalue weighted by Gasteiger charge is -2.25. The highest BCUT2D eigenvalue weighted by atomic mass is 16.1. The van der Waals surface area contributed by atoms with E-state index < -0.39 is 0 Å². The van der Waals surface area contributed by atoms with Crippen molar-refractivity contribution in [2.45, 2.75) is 33.7 Å². The van der Waals surface area contributed by atoms with Gasteiger partial charge in [-0.15, -0.1) is 0 Å². The number of carbonyl (C=O) groups excluding carboxylic acids is 1. The molecule has 0 radical (unpaired) electrons. The average molecular weight is 219 g/mol. The number of rotatable bonds is 2. The van der Waals surface area contributed by atoms with Gasteiger partial charge >= 0.3 is 0 Å². The summed E-state index contributed by atoms with van der Waals surface area (Å²) < 4.78 is 0. The zero-order valence-corrected chi connectivity index (χ0v) is 10.6. The summed E-state index contributed by atoms with van der Waals surface area (Å²) in [6.45, 7) is 9.26. The molecule has 0 aromatic rings. The number of aldehydes is 1. The van der Waals surface area contributed by atoms with Crippen LogP contribution >= 0.6 is 0 Å². The van der Waals surface area contributed by atoms with Gasteiger partial charge in [0.1, 0.15) is 6.29 Å². The van der Waals surface area contributed by atoms with Crippen LogP contribution in [0.15, 0.2) is 35.6 Å². The molecule has 0 amide bonds. The average Bonchev–Trinajstić information content (AvgIpc) is 2.31. The minimum absolute atomic E-state index is 0.196. The van der Waals surface area contributed by atoms with E-state index in [-0.39, 0.29) is 5.92 Å². The second-order valence-electron chi connectivity index (χ2n) is 4.60. The lowest BCUT2D eigenvalue weighted by atomic mass is 9.95. The lowest BCUT2D eigenvalue weighted by Crippen LogP contribution is -2.26. The zero-order valence-electron chi connectivity index (χ0n) is 10.6. The standard InChI is InChI=1S/C14H21NO/c1-11(2)15-8-6-5-7-12(3)13(4)14(9-15)10-16/h5-7,9-11,13H,8H2,1-4H3/b6-5-,12-7-,14-9-. The van der Waals surface area contributed by atoms with Crippen molar-refractivity contribution in [3.05, 3.63) is 35.6 Å². The van der Waals surface area contributed by atoms with Gasteiger partial charge < -0.3 is 4.90 Å². The van der Waals surface area contributed by atoms with Gasteiger partial charge in [-0.3, -0.25) is 4.79 Å². The smallest absolute Gasteiger partial charge is 0.148 e. The highest BCUT2D eigenvalue weighted by Gasteiger charge is 2.13. The monoisotopic (exact) mass is 219 g/mol. The minimum Gasteiger partial charge on any atom is -0.371 e. The molecule has 0 N–H and O–H groups in total. The van der Waals surface area contributed by atoms with Crippen molar-refractivity contribution in [3.63, 3.8) is 0 Å². The molecule has 0 saturated carbocycles. The third kappa shape index (κ3) is 3.09. The molecule has 1 atom stereocenters. The Bertz CT molecular complexity index is 337. The summed E-state index contributed by atoms with van der Waals surface area (Å²) >= 11 is 0. The first-order valence-corrected chi connectivity index (χ1v) is 5.82. The second kappa shape index (κ2) is 5.69. The van der Waals surface area contributed by atoms with E-state index in [1.165, 1.54) is 5.57 Å². The van der Waals surface area contributed by atoms with E-state index >= 15 is 0 Å². The van der Waals surface area contributed by atoms with Gasteiger partial charge in [0.15, 0.2) is 0 Å². The van der Waals surface area contributed by atoms with Gasteiger partial charge in [0, 0.05) is 30.3 Å². The second-order valence-corrected chi connectivity index (χ2v) is 4.60. The molecule has 2 nitrogen and oxygen atoms in total. The van der Waals surface area contributed by atoms with E-state index in [2.05, 4.69) is 50.8 Å². The fourth-order valence-electron chi connectivity index (χ4n) is 1.66. The summed E-state index contributed by atoms with van der Waals surface area (Å²) in [5, 5.41) is 0. The Morgan fingerprint density at radius 1 is 1.50 bits per heavy atom. The number of allylic oxidation sites excluding steroid dienone is 4. The molecule has 1 unspecified atom stereocenters. The molecule has 0 aliphatic carbocycles. The van der Waals surface area contributed by atoms with Crippen LogP contribution in [0.5, 0.6) is 0 Å². The molecule has 1 aliphatic rings. The van der Waals surface area contributed by atoms with E-state index in [0.717, 1.165) is 18.4 Å².